The standard InChI is InChI=1S/C20H33N9O5/c1-11(16(30)28-14(19(33)34)5-3-7-25-20(21)22)27-18(32)15(8-12-9-23-10-26-12)29-17(31)13-4-2-6-24-13/h9-11,13-15,24H,2-8H2,1H3,(H,23,26)(H,27,32)(H,28,30)(H,29,31)(H,33,34)(H4,21,22,25). The van der Waals surface area contributed by atoms with Crippen molar-refractivity contribution < 1.29 is 24.3 Å². The molecule has 1 aliphatic rings. The molecule has 1 fully saturated rings. The number of aromatic nitrogens is 2. The second-order valence-electron chi connectivity index (χ2n) is 8.07. The van der Waals surface area contributed by atoms with E-state index in [2.05, 4.69) is 36.2 Å². The van der Waals surface area contributed by atoms with Gasteiger partial charge in [-0.25, -0.2) is 9.78 Å². The van der Waals surface area contributed by atoms with Crippen LogP contribution in [0.1, 0.15) is 38.3 Å². The van der Waals surface area contributed by atoms with Crippen LogP contribution in [0.15, 0.2) is 17.5 Å². The van der Waals surface area contributed by atoms with Gasteiger partial charge in [0, 0.05) is 24.9 Å². The van der Waals surface area contributed by atoms with Gasteiger partial charge in [-0.15, -0.1) is 0 Å². The second-order valence-corrected chi connectivity index (χ2v) is 8.07. The first-order chi connectivity index (χ1) is 16.2. The zero-order valence-corrected chi connectivity index (χ0v) is 19.0. The van der Waals surface area contributed by atoms with Crippen LogP contribution >= 0.6 is 0 Å². The Hall–Kier alpha value is -3.68. The minimum atomic E-state index is -1.22. The third-order valence-electron chi connectivity index (χ3n) is 5.30. The van der Waals surface area contributed by atoms with Gasteiger partial charge in [0.05, 0.1) is 12.4 Å². The van der Waals surface area contributed by atoms with Crippen molar-refractivity contribution in [3.8, 4) is 0 Å². The van der Waals surface area contributed by atoms with Crippen LogP contribution in [0.4, 0.5) is 0 Å². The molecule has 4 atom stereocenters. The number of carbonyl (C=O) groups is 4. The fraction of sp³-hybridized carbons (Fsp3) is 0.600. The molecule has 10 N–H and O–H groups in total. The Bertz CT molecular complexity index is 864. The molecule has 4 unspecified atom stereocenters. The summed E-state index contributed by atoms with van der Waals surface area (Å²) in [5.74, 6) is -2.88. The van der Waals surface area contributed by atoms with Crippen molar-refractivity contribution in [1.29, 1.82) is 0 Å². The van der Waals surface area contributed by atoms with E-state index in [1.807, 2.05) is 0 Å². The van der Waals surface area contributed by atoms with Crippen molar-refractivity contribution in [2.75, 3.05) is 13.1 Å². The highest BCUT2D eigenvalue weighted by molar-refractivity contribution is 5.94. The van der Waals surface area contributed by atoms with Crippen molar-refractivity contribution in [1.82, 2.24) is 31.2 Å². The molecule has 34 heavy (non-hydrogen) atoms. The Balaban J connectivity index is 1.95. The maximum atomic E-state index is 12.9. The van der Waals surface area contributed by atoms with Crippen molar-refractivity contribution in [2.45, 2.75) is 63.2 Å². The van der Waals surface area contributed by atoms with E-state index in [0.717, 1.165) is 13.0 Å². The third-order valence-corrected chi connectivity index (χ3v) is 5.30. The number of amides is 3. The zero-order valence-electron chi connectivity index (χ0n) is 19.0. The highest BCUT2D eigenvalue weighted by Crippen LogP contribution is 2.07. The number of carboxylic acids is 1. The first-order valence-electron chi connectivity index (χ1n) is 11.1. The number of rotatable bonds is 13. The number of aromatic amines is 1. The molecule has 2 rings (SSSR count). The molecule has 0 radical (unpaired) electrons. The van der Waals surface area contributed by atoms with E-state index in [0.29, 0.717) is 18.5 Å². The minimum absolute atomic E-state index is 0.103. The molecule has 0 saturated carbocycles. The molecule has 1 aliphatic heterocycles. The Labute approximate surface area is 196 Å². The summed E-state index contributed by atoms with van der Waals surface area (Å²) in [6.07, 6.45) is 5.11. The van der Waals surface area contributed by atoms with E-state index >= 15 is 0 Å². The fourth-order valence-corrected chi connectivity index (χ4v) is 3.44. The normalized spacial score (nSPS) is 17.7. The van der Waals surface area contributed by atoms with Crippen LogP contribution in [0.2, 0.25) is 0 Å². The van der Waals surface area contributed by atoms with E-state index in [-0.39, 0.29) is 37.3 Å². The molecule has 0 aromatic carbocycles. The predicted octanol–water partition coefficient (Wildman–Crippen LogP) is -2.68. The highest BCUT2D eigenvalue weighted by atomic mass is 16.4. The van der Waals surface area contributed by atoms with E-state index in [4.69, 9.17) is 11.5 Å². The summed E-state index contributed by atoms with van der Waals surface area (Å²) >= 11 is 0. The smallest absolute Gasteiger partial charge is 0.326 e. The molecule has 3 amide bonds. The number of aliphatic imine (C=N–C) groups is 1. The average molecular weight is 480 g/mol. The Morgan fingerprint density at radius 3 is 2.56 bits per heavy atom. The van der Waals surface area contributed by atoms with Gasteiger partial charge >= 0.3 is 5.97 Å². The number of guanidine groups is 1. The molecular weight excluding hydrogens is 446 g/mol. The third kappa shape index (κ3) is 8.69. The van der Waals surface area contributed by atoms with Gasteiger partial charge in [0.15, 0.2) is 5.96 Å². The largest absolute Gasteiger partial charge is 0.480 e. The van der Waals surface area contributed by atoms with Crippen LogP contribution in [0.3, 0.4) is 0 Å². The molecular formula is C20H33N9O5. The van der Waals surface area contributed by atoms with Gasteiger partial charge in [0.1, 0.15) is 18.1 Å². The number of hydrogen-bond acceptors (Lipinski definition) is 7. The van der Waals surface area contributed by atoms with Gasteiger partial charge in [-0.3, -0.25) is 19.4 Å². The number of nitrogens with one attached hydrogen (secondary N) is 5. The molecule has 14 heteroatoms. The summed E-state index contributed by atoms with van der Waals surface area (Å²) in [6.45, 7) is 2.38. The zero-order chi connectivity index (χ0) is 25.1. The van der Waals surface area contributed by atoms with Crippen molar-refractivity contribution in [3.05, 3.63) is 18.2 Å². The highest BCUT2D eigenvalue weighted by Gasteiger charge is 2.30. The first-order valence-corrected chi connectivity index (χ1v) is 11.1. The van der Waals surface area contributed by atoms with Crippen LogP contribution in [0.25, 0.3) is 0 Å². The first kappa shape index (κ1) is 26.6. The Kier molecular flexibility index (Phi) is 10.3. The summed E-state index contributed by atoms with van der Waals surface area (Å²) in [4.78, 5) is 60.1. The number of hydrogen-bond donors (Lipinski definition) is 8. The maximum absolute atomic E-state index is 12.9. The number of carbonyl (C=O) groups excluding carboxylic acids is 3. The van der Waals surface area contributed by atoms with Gasteiger partial charge < -0.3 is 42.8 Å². The van der Waals surface area contributed by atoms with Crippen LogP contribution in [0.5, 0.6) is 0 Å². The lowest BCUT2D eigenvalue weighted by Crippen LogP contribution is -2.56. The van der Waals surface area contributed by atoms with E-state index in [9.17, 15) is 24.3 Å². The molecule has 1 aromatic rings. The lowest BCUT2D eigenvalue weighted by atomic mass is 10.1. The van der Waals surface area contributed by atoms with Gasteiger partial charge in [0.25, 0.3) is 0 Å². The monoisotopic (exact) mass is 479 g/mol. The molecule has 2 heterocycles. The second kappa shape index (κ2) is 13.1. The van der Waals surface area contributed by atoms with Crippen LogP contribution < -0.4 is 32.7 Å². The van der Waals surface area contributed by atoms with Crippen molar-refractivity contribution in [3.63, 3.8) is 0 Å². The quantitative estimate of drug-likeness (QED) is 0.0835. The molecule has 188 valence electrons. The van der Waals surface area contributed by atoms with Crippen molar-refractivity contribution >= 4 is 29.7 Å². The lowest BCUT2D eigenvalue weighted by molar-refractivity contribution is -0.142. The Morgan fingerprint density at radius 2 is 1.97 bits per heavy atom. The molecule has 0 bridgehead atoms. The minimum Gasteiger partial charge on any atom is -0.480 e. The van der Waals surface area contributed by atoms with Gasteiger partial charge in [-0.1, -0.05) is 0 Å². The number of nitrogens with zero attached hydrogens (tertiary/aromatic N) is 2. The summed E-state index contributed by atoms with van der Waals surface area (Å²) in [5.41, 5.74) is 11.1. The predicted molar refractivity (Wildman–Crippen MR) is 122 cm³/mol. The maximum Gasteiger partial charge on any atom is 0.326 e. The average Bonchev–Trinajstić information content (AvgIpc) is 3.49. The number of nitrogens with two attached hydrogens (primary N) is 2. The van der Waals surface area contributed by atoms with E-state index in [1.54, 1.807) is 0 Å². The molecule has 14 nitrogen and oxygen atoms in total. The SMILES string of the molecule is CC(NC(=O)C(Cc1cnc[nH]1)NC(=O)C1CCCN1)C(=O)NC(CCCN=C(N)N)C(=O)O. The van der Waals surface area contributed by atoms with Gasteiger partial charge in [-0.2, -0.15) is 0 Å². The molecule has 1 saturated heterocycles. The number of aliphatic carboxylic acids is 1. The van der Waals surface area contributed by atoms with Crippen LogP contribution in [-0.2, 0) is 25.6 Å². The summed E-state index contributed by atoms with van der Waals surface area (Å²) < 4.78 is 0. The molecule has 0 aliphatic carbocycles. The molecule has 1 aromatic heterocycles. The lowest BCUT2D eigenvalue weighted by Gasteiger charge is -2.23. The summed E-state index contributed by atoms with van der Waals surface area (Å²) in [6, 6.07) is -3.55. The van der Waals surface area contributed by atoms with Crippen LogP contribution in [0, 0.1) is 0 Å². The van der Waals surface area contributed by atoms with Gasteiger partial charge in [0.2, 0.25) is 17.7 Å². The summed E-state index contributed by atoms with van der Waals surface area (Å²) in [5, 5.41) is 20.1. The fourth-order valence-electron chi connectivity index (χ4n) is 3.44. The number of imidazole rings is 1. The van der Waals surface area contributed by atoms with Crippen LogP contribution in [-0.4, -0.2) is 82.0 Å². The summed E-state index contributed by atoms with van der Waals surface area (Å²) in [7, 11) is 0. The van der Waals surface area contributed by atoms with E-state index in [1.165, 1.54) is 19.4 Å². The molecule has 0 spiro atoms. The van der Waals surface area contributed by atoms with E-state index < -0.39 is 35.9 Å². The number of H-pyrrole nitrogens is 1. The topological polar surface area (TPSA) is 230 Å². The Morgan fingerprint density at radius 1 is 1.21 bits per heavy atom. The number of carboxylic acid groups (broad SMARTS) is 1. The van der Waals surface area contributed by atoms with Gasteiger partial charge in [-0.05, 0) is 39.2 Å². The van der Waals surface area contributed by atoms with Crippen molar-refractivity contribution in [2.24, 2.45) is 16.5 Å².